The smallest absolute Gasteiger partial charge is 0.262 e. The minimum absolute atomic E-state index is 0.0823. The van der Waals surface area contributed by atoms with Gasteiger partial charge in [0.2, 0.25) is 0 Å². The summed E-state index contributed by atoms with van der Waals surface area (Å²) in [5.41, 5.74) is 2.04. The van der Waals surface area contributed by atoms with Crippen LogP contribution >= 0.6 is 11.6 Å². The lowest BCUT2D eigenvalue weighted by molar-refractivity contribution is 0.385. The van der Waals surface area contributed by atoms with Crippen LogP contribution in [0.5, 0.6) is 0 Å². The number of aryl methyl sites for hydroxylation is 1. The molecule has 0 saturated heterocycles. The molecule has 0 fully saturated rings. The molecule has 1 aromatic carbocycles. The number of nitrogens with zero attached hydrogens (tertiary/aromatic N) is 6. The highest BCUT2D eigenvalue weighted by atomic mass is 35.5. The molecule has 0 aliphatic rings. The highest BCUT2D eigenvalue weighted by Crippen LogP contribution is 2.27. The van der Waals surface area contributed by atoms with E-state index in [1.165, 1.54) is 6.33 Å². The van der Waals surface area contributed by atoms with Crippen LogP contribution in [0.25, 0.3) is 27.9 Å². The van der Waals surface area contributed by atoms with Crippen molar-refractivity contribution in [3.05, 3.63) is 58.2 Å². The first-order chi connectivity index (χ1) is 13.0. The van der Waals surface area contributed by atoms with Crippen molar-refractivity contribution in [1.29, 1.82) is 0 Å². The average molecular weight is 383 g/mol. The zero-order valence-electron chi connectivity index (χ0n) is 15.1. The van der Waals surface area contributed by atoms with E-state index in [1.54, 1.807) is 27.4 Å². The van der Waals surface area contributed by atoms with Crippen molar-refractivity contribution >= 4 is 28.3 Å². The van der Waals surface area contributed by atoms with Gasteiger partial charge in [-0.05, 0) is 45.3 Å². The second-order valence-corrected chi connectivity index (χ2v) is 7.11. The Bertz CT molecular complexity index is 1160. The molecule has 7 nitrogen and oxygen atoms in total. The van der Waals surface area contributed by atoms with Crippen molar-refractivity contribution in [1.82, 2.24) is 29.0 Å². The summed E-state index contributed by atoms with van der Waals surface area (Å²) < 4.78 is 3.34. The molecule has 3 heterocycles. The Morgan fingerprint density at radius 2 is 1.93 bits per heavy atom. The Kier molecular flexibility index (Phi) is 4.63. The summed E-state index contributed by atoms with van der Waals surface area (Å²) in [5, 5.41) is 5.44. The molecular formula is C19H19ClN6O. The number of pyridine rings is 1. The molecule has 8 heteroatoms. The SMILES string of the molecule is CN(C)CCCn1ccc2nc3ncnn3c(-c3ccc(Cl)cc3)c2c1=O. The summed E-state index contributed by atoms with van der Waals surface area (Å²) in [6.07, 6.45) is 4.12. The van der Waals surface area contributed by atoms with Crippen molar-refractivity contribution in [2.75, 3.05) is 20.6 Å². The van der Waals surface area contributed by atoms with E-state index in [-0.39, 0.29) is 5.56 Å². The van der Waals surface area contributed by atoms with Crippen LogP contribution in [0, 0.1) is 0 Å². The van der Waals surface area contributed by atoms with Gasteiger partial charge in [-0.15, -0.1) is 0 Å². The summed E-state index contributed by atoms with van der Waals surface area (Å²) in [6, 6.07) is 9.21. The summed E-state index contributed by atoms with van der Waals surface area (Å²) in [5.74, 6) is 0.456. The molecule has 4 aromatic rings. The van der Waals surface area contributed by atoms with Crippen molar-refractivity contribution in [2.45, 2.75) is 13.0 Å². The first-order valence-corrected chi connectivity index (χ1v) is 9.06. The van der Waals surface area contributed by atoms with Gasteiger partial charge in [-0.3, -0.25) is 4.79 Å². The van der Waals surface area contributed by atoms with Crippen LogP contribution in [-0.4, -0.2) is 49.7 Å². The molecule has 0 bridgehead atoms. The lowest BCUT2D eigenvalue weighted by Crippen LogP contribution is -2.23. The fraction of sp³-hybridized carbons (Fsp3) is 0.263. The van der Waals surface area contributed by atoms with Crippen LogP contribution in [0.15, 0.2) is 47.7 Å². The summed E-state index contributed by atoms with van der Waals surface area (Å²) in [7, 11) is 4.04. The lowest BCUT2D eigenvalue weighted by Gasteiger charge is -2.13. The fourth-order valence-electron chi connectivity index (χ4n) is 3.17. The maximum atomic E-state index is 13.3. The van der Waals surface area contributed by atoms with E-state index >= 15 is 0 Å². The predicted octanol–water partition coefficient (Wildman–Crippen LogP) is 2.71. The van der Waals surface area contributed by atoms with Crippen LogP contribution in [0.2, 0.25) is 5.02 Å². The van der Waals surface area contributed by atoms with Crippen LogP contribution in [0.1, 0.15) is 6.42 Å². The van der Waals surface area contributed by atoms with Gasteiger partial charge >= 0.3 is 0 Å². The van der Waals surface area contributed by atoms with E-state index in [9.17, 15) is 4.79 Å². The van der Waals surface area contributed by atoms with Crippen LogP contribution in [-0.2, 0) is 6.54 Å². The molecule has 3 aromatic heterocycles. The molecule has 0 saturated carbocycles. The Hall–Kier alpha value is -2.77. The monoisotopic (exact) mass is 382 g/mol. The highest BCUT2D eigenvalue weighted by molar-refractivity contribution is 6.30. The molecule has 0 unspecified atom stereocenters. The van der Waals surface area contributed by atoms with E-state index in [0.29, 0.717) is 33.9 Å². The minimum atomic E-state index is -0.0823. The standard InChI is InChI=1S/C19H19ClN6O/c1-24(2)9-3-10-25-11-8-15-16(18(25)27)17(13-4-6-14(20)7-5-13)26-19(23-15)21-12-22-26/h4-8,11-12H,3,9-10H2,1-2H3. The molecule has 0 spiro atoms. The normalized spacial score (nSPS) is 11.7. The van der Waals surface area contributed by atoms with Crippen LogP contribution in [0.3, 0.4) is 0 Å². The van der Waals surface area contributed by atoms with Gasteiger partial charge in [-0.25, -0.2) is 4.98 Å². The average Bonchev–Trinajstić information content (AvgIpc) is 3.11. The third kappa shape index (κ3) is 3.31. The van der Waals surface area contributed by atoms with Gasteiger partial charge in [0.1, 0.15) is 6.33 Å². The van der Waals surface area contributed by atoms with Gasteiger partial charge in [-0.1, -0.05) is 23.7 Å². The summed E-state index contributed by atoms with van der Waals surface area (Å²) in [4.78, 5) is 24.0. The maximum absolute atomic E-state index is 13.3. The quantitative estimate of drug-likeness (QED) is 0.531. The maximum Gasteiger partial charge on any atom is 0.262 e. The molecule has 0 radical (unpaired) electrons. The van der Waals surface area contributed by atoms with E-state index in [0.717, 1.165) is 18.5 Å². The van der Waals surface area contributed by atoms with Gasteiger partial charge in [0.15, 0.2) is 0 Å². The van der Waals surface area contributed by atoms with Gasteiger partial charge in [0, 0.05) is 23.3 Å². The number of rotatable bonds is 5. The van der Waals surface area contributed by atoms with Gasteiger partial charge in [-0.2, -0.15) is 14.6 Å². The number of hydrogen-bond donors (Lipinski definition) is 0. The van der Waals surface area contributed by atoms with Crippen molar-refractivity contribution in [3.8, 4) is 11.3 Å². The van der Waals surface area contributed by atoms with Crippen molar-refractivity contribution in [2.24, 2.45) is 0 Å². The zero-order valence-corrected chi connectivity index (χ0v) is 15.9. The van der Waals surface area contributed by atoms with Gasteiger partial charge in [0.05, 0.1) is 16.6 Å². The van der Waals surface area contributed by atoms with Gasteiger partial charge < -0.3 is 9.47 Å². The fourth-order valence-corrected chi connectivity index (χ4v) is 3.30. The molecule has 0 N–H and O–H groups in total. The van der Waals surface area contributed by atoms with E-state index in [1.807, 2.05) is 32.3 Å². The third-order valence-electron chi connectivity index (χ3n) is 4.46. The first-order valence-electron chi connectivity index (χ1n) is 8.68. The minimum Gasteiger partial charge on any atom is -0.315 e. The van der Waals surface area contributed by atoms with Crippen molar-refractivity contribution in [3.63, 3.8) is 0 Å². The zero-order chi connectivity index (χ0) is 19.0. The molecule has 27 heavy (non-hydrogen) atoms. The molecule has 138 valence electrons. The molecule has 0 aliphatic heterocycles. The second-order valence-electron chi connectivity index (χ2n) is 6.67. The molecule has 0 amide bonds. The first kappa shape index (κ1) is 17.6. The Morgan fingerprint density at radius 3 is 2.67 bits per heavy atom. The Morgan fingerprint density at radius 1 is 1.15 bits per heavy atom. The Labute approximate surface area is 160 Å². The number of benzene rings is 1. The number of fused-ring (bicyclic) bond motifs is 2. The van der Waals surface area contributed by atoms with E-state index in [2.05, 4.69) is 20.0 Å². The van der Waals surface area contributed by atoms with E-state index < -0.39 is 0 Å². The van der Waals surface area contributed by atoms with E-state index in [4.69, 9.17) is 11.6 Å². The van der Waals surface area contributed by atoms with Gasteiger partial charge in [0.25, 0.3) is 11.3 Å². The molecular weight excluding hydrogens is 364 g/mol. The molecule has 4 rings (SSSR count). The van der Waals surface area contributed by atoms with Crippen molar-refractivity contribution < 1.29 is 0 Å². The lowest BCUT2D eigenvalue weighted by atomic mass is 10.1. The summed E-state index contributed by atoms with van der Waals surface area (Å²) in [6.45, 7) is 1.55. The predicted molar refractivity (Wildman–Crippen MR) is 106 cm³/mol. The number of hydrogen-bond acceptors (Lipinski definition) is 5. The summed E-state index contributed by atoms with van der Waals surface area (Å²) >= 11 is 6.04. The largest absolute Gasteiger partial charge is 0.315 e. The topological polar surface area (TPSA) is 68.3 Å². The Balaban J connectivity index is 1.95. The number of halogens is 1. The number of aromatic nitrogens is 5. The highest BCUT2D eigenvalue weighted by Gasteiger charge is 2.17. The second kappa shape index (κ2) is 7.09. The molecule has 0 aliphatic carbocycles. The van der Waals surface area contributed by atoms with Crippen LogP contribution in [0.4, 0.5) is 0 Å². The molecule has 0 atom stereocenters. The third-order valence-corrected chi connectivity index (χ3v) is 4.72. The van der Waals surface area contributed by atoms with Crippen LogP contribution < -0.4 is 5.56 Å².